The molecule has 1 aromatic rings. The summed E-state index contributed by atoms with van der Waals surface area (Å²) in [5.74, 6) is -1.02. The number of nitro benzene ring substituents is 1. The first-order valence-corrected chi connectivity index (χ1v) is 5.95. The number of esters is 2. The minimum Gasteiger partial charge on any atom is -0.466 e. The molecule has 0 amide bonds. The van der Waals surface area contributed by atoms with Crippen LogP contribution in [0.25, 0.3) is 0 Å². The van der Waals surface area contributed by atoms with Gasteiger partial charge >= 0.3 is 11.9 Å². The van der Waals surface area contributed by atoms with Crippen molar-refractivity contribution in [3.8, 4) is 0 Å². The van der Waals surface area contributed by atoms with Gasteiger partial charge in [0.2, 0.25) is 0 Å². The summed E-state index contributed by atoms with van der Waals surface area (Å²) in [6, 6.07) is 5.99. The number of nitro groups is 1. The largest absolute Gasteiger partial charge is 0.466 e. The first-order valence-electron chi connectivity index (χ1n) is 5.95. The Labute approximate surface area is 115 Å². The molecule has 1 aromatic carbocycles. The van der Waals surface area contributed by atoms with E-state index < -0.39 is 23.0 Å². The molecule has 0 N–H and O–H groups in total. The van der Waals surface area contributed by atoms with Crippen LogP contribution < -0.4 is 0 Å². The van der Waals surface area contributed by atoms with E-state index in [1.165, 1.54) is 32.0 Å². The van der Waals surface area contributed by atoms with E-state index in [0.29, 0.717) is 0 Å². The van der Waals surface area contributed by atoms with Gasteiger partial charge in [-0.15, -0.1) is 0 Å². The molecule has 7 heteroatoms. The predicted molar refractivity (Wildman–Crippen MR) is 68.9 cm³/mol. The zero-order chi connectivity index (χ0) is 15.1. The van der Waals surface area contributed by atoms with E-state index in [2.05, 4.69) is 0 Å². The Morgan fingerprint density at radius 3 is 2.45 bits per heavy atom. The van der Waals surface area contributed by atoms with Crippen LogP contribution in [0.4, 0.5) is 5.69 Å². The number of nitrogens with zero attached hydrogens (tertiary/aromatic N) is 1. The Kier molecular flexibility index (Phi) is 5.64. The summed E-state index contributed by atoms with van der Waals surface area (Å²) in [5.41, 5.74) is 0.140. The average molecular weight is 281 g/mol. The lowest BCUT2D eigenvalue weighted by Gasteiger charge is -2.17. The summed E-state index contributed by atoms with van der Waals surface area (Å²) in [4.78, 5) is 32.3. The molecule has 108 valence electrons. The minimum atomic E-state index is -0.826. The van der Waals surface area contributed by atoms with E-state index in [4.69, 9.17) is 9.47 Å². The van der Waals surface area contributed by atoms with E-state index in [0.717, 1.165) is 0 Å². The Morgan fingerprint density at radius 2 is 1.90 bits per heavy atom. The van der Waals surface area contributed by atoms with Crippen molar-refractivity contribution in [2.45, 2.75) is 26.4 Å². The third-order valence-corrected chi connectivity index (χ3v) is 2.47. The molecule has 1 atom stereocenters. The molecule has 7 nitrogen and oxygen atoms in total. The van der Waals surface area contributed by atoms with Crippen molar-refractivity contribution >= 4 is 17.6 Å². The van der Waals surface area contributed by atoms with Crippen molar-refractivity contribution < 1.29 is 24.0 Å². The fraction of sp³-hybridized carbons (Fsp3) is 0.385. The molecule has 0 aromatic heterocycles. The summed E-state index contributed by atoms with van der Waals surface area (Å²) in [7, 11) is 0. The van der Waals surface area contributed by atoms with Gasteiger partial charge in [0.05, 0.1) is 17.1 Å². The van der Waals surface area contributed by atoms with Gasteiger partial charge in [-0.1, -0.05) is 12.1 Å². The highest BCUT2D eigenvalue weighted by Crippen LogP contribution is 2.29. The molecular formula is C13H15NO6. The smallest absolute Gasteiger partial charge is 0.303 e. The van der Waals surface area contributed by atoms with Crippen LogP contribution in [0.2, 0.25) is 0 Å². The molecule has 0 saturated carbocycles. The van der Waals surface area contributed by atoms with Gasteiger partial charge in [-0.3, -0.25) is 19.7 Å². The van der Waals surface area contributed by atoms with Crippen molar-refractivity contribution in [3.63, 3.8) is 0 Å². The molecule has 0 aliphatic heterocycles. The Hall–Kier alpha value is -2.44. The maximum Gasteiger partial charge on any atom is 0.303 e. The van der Waals surface area contributed by atoms with Crippen LogP contribution in [0.5, 0.6) is 0 Å². The van der Waals surface area contributed by atoms with Gasteiger partial charge in [0, 0.05) is 26.3 Å². The summed E-state index contributed by atoms with van der Waals surface area (Å²) < 4.78 is 9.85. The van der Waals surface area contributed by atoms with Gasteiger partial charge in [-0.2, -0.15) is 0 Å². The molecule has 1 unspecified atom stereocenters. The highest BCUT2D eigenvalue weighted by molar-refractivity contribution is 5.67. The van der Waals surface area contributed by atoms with Crippen LogP contribution in [0.3, 0.4) is 0 Å². The SMILES string of the molecule is CC(=O)OCCC(OC(C)=O)c1ccccc1[N+](=O)[O-]. The van der Waals surface area contributed by atoms with E-state index in [1.54, 1.807) is 6.07 Å². The number of ether oxygens (including phenoxy) is 2. The molecule has 0 radical (unpaired) electrons. The monoisotopic (exact) mass is 281 g/mol. The third kappa shape index (κ3) is 4.68. The van der Waals surface area contributed by atoms with Crippen LogP contribution in [-0.2, 0) is 19.1 Å². The Bertz CT molecular complexity index is 513. The summed E-state index contributed by atoms with van der Waals surface area (Å²) in [5, 5.41) is 11.0. The quantitative estimate of drug-likeness (QED) is 0.450. The second-order valence-electron chi connectivity index (χ2n) is 4.04. The first-order chi connectivity index (χ1) is 9.41. The lowest BCUT2D eigenvalue weighted by atomic mass is 10.0. The standard InChI is InChI=1S/C13H15NO6/c1-9(15)19-8-7-13(20-10(2)16)11-5-3-4-6-12(11)14(17)18/h3-6,13H,7-8H2,1-2H3. The minimum absolute atomic E-state index is 0.0132. The zero-order valence-corrected chi connectivity index (χ0v) is 11.2. The summed E-state index contributed by atoms with van der Waals surface area (Å²) in [6.45, 7) is 2.48. The molecule has 0 aliphatic carbocycles. The van der Waals surface area contributed by atoms with Gasteiger partial charge < -0.3 is 9.47 Å². The molecule has 0 aliphatic rings. The van der Waals surface area contributed by atoms with Gasteiger partial charge in [-0.05, 0) is 6.07 Å². The number of benzene rings is 1. The number of carbonyl (C=O) groups is 2. The van der Waals surface area contributed by atoms with E-state index in [1.807, 2.05) is 0 Å². The molecule has 0 fully saturated rings. The molecule has 0 heterocycles. The lowest BCUT2D eigenvalue weighted by Crippen LogP contribution is -2.14. The lowest BCUT2D eigenvalue weighted by molar-refractivity contribution is -0.386. The number of hydrogen-bond donors (Lipinski definition) is 0. The van der Waals surface area contributed by atoms with E-state index in [9.17, 15) is 19.7 Å². The van der Waals surface area contributed by atoms with Crippen LogP contribution in [0, 0.1) is 10.1 Å². The maximum absolute atomic E-state index is 11.1. The highest BCUT2D eigenvalue weighted by Gasteiger charge is 2.24. The van der Waals surface area contributed by atoms with Gasteiger partial charge in [0.1, 0.15) is 6.10 Å². The Morgan fingerprint density at radius 1 is 1.25 bits per heavy atom. The van der Waals surface area contributed by atoms with Crippen LogP contribution >= 0.6 is 0 Å². The van der Waals surface area contributed by atoms with Gasteiger partial charge in [-0.25, -0.2) is 0 Å². The van der Waals surface area contributed by atoms with Crippen LogP contribution in [-0.4, -0.2) is 23.5 Å². The van der Waals surface area contributed by atoms with E-state index in [-0.39, 0.29) is 24.3 Å². The van der Waals surface area contributed by atoms with Gasteiger partial charge in [0.25, 0.3) is 5.69 Å². The van der Waals surface area contributed by atoms with Crippen molar-refractivity contribution in [3.05, 3.63) is 39.9 Å². The van der Waals surface area contributed by atoms with Crippen LogP contribution in [0.15, 0.2) is 24.3 Å². The highest BCUT2D eigenvalue weighted by atomic mass is 16.6. The van der Waals surface area contributed by atoms with Crippen molar-refractivity contribution in [1.82, 2.24) is 0 Å². The Balaban J connectivity index is 2.95. The molecule has 0 spiro atoms. The fourth-order valence-electron chi connectivity index (χ4n) is 1.71. The molecule has 0 saturated heterocycles. The molecule has 1 rings (SSSR count). The van der Waals surface area contributed by atoms with Crippen molar-refractivity contribution in [1.29, 1.82) is 0 Å². The predicted octanol–water partition coefficient (Wildman–Crippen LogP) is 2.15. The second kappa shape index (κ2) is 7.22. The summed E-state index contributed by atoms with van der Waals surface area (Å²) in [6.07, 6.45) is -0.669. The van der Waals surface area contributed by atoms with Gasteiger partial charge in [0.15, 0.2) is 0 Å². The van der Waals surface area contributed by atoms with E-state index >= 15 is 0 Å². The fourth-order valence-corrected chi connectivity index (χ4v) is 1.71. The number of hydrogen-bond acceptors (Lipinski definition) is 6. The average Bonchev–Trinajstić information content (AvgIpc) is 2.36. The number of rotatable bonds is 6. The first kappa shape index (κ1) is 15.6. The maximum atomic E-state index is 11.1. The zero-order valence-electron chi connectivity index (χ0n) is 11.2. The molecular weight excluding hydrogens is 266 g/mol. The summed E-state index contributed by atoms with van der Waals surface area (Å²) >= 11 is 0. The molecule has 0 bridgehead atoms. The third-order valence-electron chi connectivity index (χ3n) is 2.47. The number of carbonyl (C=O) groups excluding carboxylic acids is 2. The van der Waals surface area contributed by atoms with Crippen LogP contribution in [0.1, 0.15) is 31.9 Å². The number of para-hydroxylation sites is 1. The van der Waals surface area contributed by atoms with Crippen molar-refractivity contribution in [2.24, 2.45) is 0 Å². The topological polar surface area (TPSA) is 95.7 Å². The molecule has 20 heavy (non-hydrogen) atoms. The second-order valence-corrected chi connectivity index (χ2v) is 4.04. The van der Waals surface area contributed by atoms with Crippen molar-refractivity contribution in [2.75, 3.05) is 6.61 Å². The normalized spacial score (nSPS) is 11.5.